The van der Waals surface area contributed by atoms with Crippen LogP contribution in [0.25, 0.3) is 0 Å². The highest BCUT2D eigenvalue weighted by Gasteiger charge is 2.16. The van der Waals surface area contributed by atoms with Gasteiger partial charge in [0.25, 0.3) is 0 Å². The maximum absolute atomic E-state index is 6.64. The van der Waals surface area contributed by atoms with Gasteiger partial charge in [-0.05, 0) is 47.5 Å². The highest BCUT2D eigenvalue weighted by atomic mass is 16.5. The molecule has 4 aromatic carbocycles. The minimum Gasteiger partial charge on any atom is -0.490 e. The second-order valence-electron chi connectivity index (χ2n) is 7.90. The van der Waals surface area contributed by atoms with E-state index in [1.54, 1.807) is 0 Å². The lowest BCUT2D eigenvalue weighted by atomic mass is 10.1. The summed E-state index contributed by atoms with van der Waals surface area (Å²) in [6.45, 7) is 0.931. The van der Waals surface area contributed by atoms with Gasteiger partial charge >= 0.3 is 0 Å². The number of hydrogen-bond donors (Lipinski definition) is 0. The maximum atomic E-state index is 6.64. The summed E-state index contributed by atoms with van der Waals surface area (Å²) in [4.78, 5) is 0. The minimum atomic E-state index is -0.236. The van der Waals surface area contributed by atoms with E-state index < -0.39 is 0 Å². The van der Waals surface area contributed by atoms with Gasteiger partial charge in [-0.3, -0.25) is 0 Å². The molecule has 0 aliphatic heterocycles. The highest BCUT2D eigenvalue weighted by molar-refractivity contribution is 5.26. The second-order valence-corrected chi connectivity index (χ2v) is 7.90. The summed E-state index contributed by atoms with van der Waals surface area (Å²) in [7, 11) is 0. The fraction of sp³-hybridized carbons (Fsp3) is 0.125. The molecule has 4 rings (SSSR count). The summed E-state index contributed by atoms with van der Waals surface area (Å²) in [5.74, 6) is 1.69. The molecule has 3 heteroatoms. The average molecular weight is 463 g/mol. The van der Waals surface area contributed by atoms with Gasteiger partial charge in [0.1, 0.15) is 36.9 Å². The van der Waals surface area contributed by atoms with E-state index in [9.17, 15) is 0 Å². The zero-order valence-corrected chi connectivity index (χ0v) is 19.7. The third-order valence-electron chi connectivity index (χ3n) is 5.35. The van der Waals surface area contributed by atoms with Gasteiger partial charge in [-0.15, -0.1) is 0 Å². The molecule has 2 unspecified atom stereocenters. The summed E-state index contributed by atoms with van der Waals surface area (Å²) in [6, 6.07) is 40.1. The second kappa shape index (κ2) is 13.6. The number of para-hydroxylation sites is 2. The van der Waals surface area contributed by atoms with Crippen molar-refractivity contribution in [2.24, 2.45) is 0 Å². The van der Waals surface area contributed by atoms with Crippen LogP contribution in [-0.2, 0) is 4.74 Å². The van der Waals surface area contributed by atoms with Crippen LogP contribution in [-0.4, -0.2) is 13.2 Å². The van der Waals surface area contributed by atoms with Crippen LogP contribution in [0, 0.1) is 0 Å². The molecular weight excluding hydrogens is 432 g/mol. The summed E-state index contributed by atoms with van der Waals surface area (Å²) in [5, 5.41) is 0. The van der Waals surface area contributed by atoms with Gasteiger partial charge in [0.05, 0.1) is 0 Å². The molecule has 0 amide bonds. The largest absolute Gasteiger partial charge is 0.490 e. The Morgan fingerprint density at radius 2 is 0.800 bits per heavy atom. The lowest BCUT2D eigenvalue weighted by Crippen LogP contribution is -2.08. The van der Waals surface area contributed by atoms with Crippen molar-refractivity contribution in [1.29, 1.82) is 0 Å². The van der Waals surface area contributed by atoms with Gasteiger partial charge in [0, 0.05) is 0 Å². The molecule has 0 bridgehead atoms. The summed E-state index contributed by atoms with van der Waals surface area (Å²) >= 11 is 0. The smallest absolute Gasteiger partial charge is 0.119 e. The molecule has 0 heterocycles. The predicted octanol–water partition coefficient (Wildman–Crippen LogP) is 7.76. The Hall–Kier alpha value is -4.08. The topological polar surface area (TPSA) is 27.7 Å². The van der Waals surface area contributed by atoms with E-state index in [1.807, 2.05) is 109 Å². The van der Waals surface area contributed by atoms with Crippen molar-refractivity contribution in [3.63, 3.8) is 0 Å². The van der Waals surface area contributed by atoms with E-state index in [-0.39, 0.29) is 12.2 Å². The molecule has 0 spiro atoms. The molecule has 0 fully saturated rings. The normalized spacial score (nSPS) is 13.0. The Morgan fingerprint density at radius 1 is 0.457 bits per heavy atom. The van der Waals surface area contributed by atoms with Crippen LogP contribution in [0.5, 0.6) is 11.5 Å². The summed E-state index contributed by atoms with van der Waals surface area (Å²) in [6.07, 6.45) is 7.66. The lowest BCUT2D eigenvalue weighted by Gasteiger charge is -2.22. The zero-order valence-electron chi connectivity index (χ0n) is 19.7. The number of rotatable bonds is 12. The Labute approximate surface area is 207 Å². The van der Waals surface area contributed by atoms with Gasteiger partial charge < -0.3 is 14.2 Å². The first-order valence-corrected chi connectivity index (χ1v) is 11.8. The van der Waals surface area contributed by atoms with Crippen molar-refractivity contribution in [2.75, 3.05) is 13.2 Å². The van der Waals surface area contributed by atoms with Gasteiger partial charge in [-0.2, -0.15) is 0 Å². The van der Waals surface area contributed by atoms with Gasteiger partial charge in [-0.25, -0.2) is 0 Å². The first-order valence-electron chi connectivity index (χ1n) is 11.8. The van der Waals surface area contributed by atoms with Crippen LogP contribution in [0.3, 0.4) is 0 Å². The molecular formula is C32H30O3. The third-order valence-corrected chi connectivity index (χ3v) is 5.35. The standard InChI is InChI=1S/C32H30O3/c1-5-15-27(16-6-1)31(23-13-25-33-29-19-9-3-10-20-29)35-32(28-17-7-2-8-18-28)24-14-26-34-30-21-11-4-12-22-30/h1-24,31-32H,25-26H2. The first kappa shape index (κ1) is 24.1. The Morgan fingerprint density at radius 3 is 1.17 bits per heavy atom. The van der Waals surface area contributed by atoms with E-state index >= 15 is 0 Å². The van der Waals surface area contributed by atoms with Gasteiger partial charge in [-0.1, -0.05) is 109 Å². The van der Waals surface area contributed by atoms with Gasteiger partial charge in [0.2, 0.25) is 0 Å². The zero-order chi connectivity index (χ0) is 24.0. The summed E-state index contributed by atoms with van der Waals surface area (Å²) in [5.41, 5.74) is 2.16. The number of benzene rings is 4. The van der Waals surface area contributed by atoms with Crippen molar-refractivity contribution < 1.29 is 14.2 Å². The van der Waals surface area contributed by atoms with Crippen LogP contribution in [0.4, 0.5) is 0 Å². The highest BCUT2D eigenvalue weighted by Crippen LogP contribution is 2.29. The average Bonchev–Trinajstić information content (AvgIpc) is 2.94. The molecule has 0 aromatic heterocycles. The van der Waals surface area contributed by atoms with Crippen LogP contribution < -0.4 is 9.47 Å². The van der Waals surface area contributed by atoms with Crippen molar-refractivity contribution in [3.8, 4) is 11.5 Å². The predicted molar refractivity (Wildman–Crippen MR) is 142 cm³/mol. The van der Waals surface area contributed by atoms with Crippen molar-refractivity contribution in [2.45, 2.75) is 12.2 Å². The van der Waals surface area contributed by atoms with Gasteiger partial charge in [0.15, 0.2) is 0 Å². The SMILES string of the molecule is C(=CC(OC(C=CCOc1ccccc1)c1ccccc1)c1ccccc1)COc1ccccc1. The molecule has 0 saturated carbocycles. The van der Waals surface area contributed by atoms with Crippen molar-refractivity contribution in [3.05, 3.63) is 157 Å². The monoisotopic (exact) mass is 462 g/mol. The van der Waals surface area contributed by atoms with Crippen molar-refractivity contribution >= 4 is 0 Å². The van der Waals surface area contributed by atoms with E-state index in [0.717, 1.165) is 22.6 Å². The van der Waals surface area contributed by atoms with E-state index in [1.165, 1.54) is 0 Å². The lowest BCUT2D eigenvalue weighted by molar-refractivity contribution is 0.0393. The number of ether oxygens (including phenoxy) is 3. The molecule has 0 saturated heterocycles. The van der Waals surface area contributed by atoms with Crippen LogP contribution in [0.2, 0.25) is 0 Å². The molecule has 35 heavy (non-hydrogen) atoms. The van der Waals surface area contributed by atoms with E-state index in [2.05, 4.69) is 36.4 Å². The van der Waals surface area contributed by atoms with Crippen molar-refractivity contribution in [1.82, 2.24) is 0 Å². The van der Waals surface area contributed by atoms with E-state index in [0.29, 0.717) is 13.2 Å². The molecule has 0 aliphatic carbocycles. The minimum absolute atomic E-state index is 0.236. The number of hydrogen-bond acceptors (Lipinski definition) is 3. The molecule has 0 aliphatic rings. The molecule has 0 radical (unpaired) electrons. The molecule has 2 atom stereocenters. The first-order chi connectivity index (χ1) is 17.4. The molecule has 176 valence electrons. The van der Waals surface area contributed by atoms with E-state index in [4.69, 9.17) is 14.2 Å². The third kappa shape index (κ3) is 8.02. The Kier molecular flexibility index (Phi) is 9.34. The quantitative estimate of drug-likeness (QED) is 0.201. The molecule has 0 N–H and O–H groups in total. The fourth-order valence-electron chi connectivity index (χ4n) is 3.59. The molecule has 4 aromatic rings. The van der Waals surface area contributed by atoms with Crippen LogP contribution in [0.1, 0.15) is 23.3 Å². The Balaban J connectivity index is 1.47. The fourth-order valence-corrected chi connectivity index (χ4v) is 3.59. The summed E-state index contributed by atoms with van der Waals surface area (Å²) < 4.78 is 18.3. The van der Waals surface area contributed by atoms with Crippen LogP contribution in [0.15, 0.2) is 146 Å². The Bertz CT molecular complexity index is 1060. The maximum Gasteiger partial charge on any atom is 0.119 e. The van der Waals surface area contributed by atoms with Crippen LogP contribution >= 0.6 is 0 Å². The molecule has 3 nitrogen and oxygen atoms in total.